The van der Waals surface area contributed by atoms with Crippen molar-refractivity contribution < 1.29 is 0 Å². The highest BCUT2D eigenvalue weighted by Crippen LogP contribution is 2.19. The number of hydrogen-bond acceptors (Lipinski definition) is 1. The van der Waals surface area contributed by atoms with Gasteiger partial charge in [-0.3, -0.25) is 0 Å². The second-order valence-electron chi connectivity index (χ2n) is 2.27. The van der Waals surface area contributed by atoms with Crippen LogP contribution in [0.25, 0.3) is 6.08 Å². The average Bonchev–Trinajstić information content (AvgIpc) is 1.98. The average molecular weight is 212 g/mol. The summed E-state index contributed by atoms with van der Waals surface area (Å²) in [6, 6.07) is 5.82. The summed E-state index contributed by atoms with van der Waals surface area (Å²) in [5, 5.41) is 0. The summed E-state index contributed by atoms with van der Waals surface area (Å²) in [5.41, 5.74) is 7.57. The Bertz CT molecular complexity index is 279. The Morgan fingerprint density at radius 3 is 2.82 bits per heavy atom. The smallest absolute Gasteiger partial charge is 0.0388 e. The van der Waals surface area contributed by atoms with E-state index in [1.54, 1.807) is 0 Å². The number of anilines is 1. The van der Waals surface area contributed by atoms with Crippen molar-refractivity contribution in [2.24, 2.45) is 0 Å². The van der Waals surface area contributed by atoms with E-state index in [1.807, 2.05) is 37.3 Å². The SMILES string of the molecule is C/C=C/c1cc(Br)ccc1N. The molecule has 58 valence electrons. The zero-order valence-corrected chi connectivity index (χ0v) is 7.93. The van der Waals surface area contributed by atoms with Gasteiger partial charge in [-0.25, -0.2) is 0 Å². The zero-order chi connectivity index (χ0) is 8.27. The Kier molecular flexibility index (Phi) is 2.71. The normalized spacial score (nSPS) is 10.7. The predicted molar refractivity (Wildman–Crippen MR) is 53.3 cm³/mol. The van der Waals surface area contributed by atoms with Crippen molar-refractivity contribution in [1.82, 2.24) is 0 Å². The molecule has 0 bridgehead atoms. The van der Waals surface area contributed by atoms with Gasteiger partial charge in [-0.05, 0) is 30.7 Å². The number of nitrogen functional groups attached to an aromatic ring is 1. The van der Waals surface area contributed by atoms with Gasteiger partial charge in [0.1, 0.15) is 0 Å². The van der Waals surface area contributed by atoms with Crippen molar-refractivity contribution >= 4 is 27.7 Å². The van der Waals surface area contributed by atoms with Crippen LogP contribution in [0.3, 0.4) is 0 Å². The Balaban J connectivity index is 3.12. The number of halogens is 1. The number of nitrogens with two attached hydrogens (primary N) is 1. The molecule has 0 radical (unpaired) electrons. The van der Waals surface area contributed by atoms with Crippen molar-refractivity contribution in [3.05, 3.63) is 34.3 Å². The quantitative estimate of drug-likeness (QED) is 0.711. The fourth-order valence-corrected chi connectivity index (χ4v) is 1.25. The molecule has 0 saturated heterocycles. The highest BCUT2D eigenvalue weighted by molar-refractivity contribution is 9.10. The molecule has 0 aromatic heterocycles. The van der Waals surface area contributed by atoms with Crippen molar-refractivity contribution in [3.63, 3.8) is 0 Å². The van der Waals surface area contributed by atoms with Gasteiger partial charge < -0.3 is 5.73 Å². The maximum Gasteiger partial charge on any atom is 0.0388 e. The van der Waals surface area contributed by atoms with Gasteiger partial charge in [0.05, 0.1) is 0 Å². The molecule has 0 aliphatic heterocycles. The van der Waals surface area contributed by atoms with Crippen LogP contribution in [0.1, 0.15) is 12.5 Å². The van der Waals surface area contributed by atoms with E-state index in [1.165, 1.54) is 0 Å². The minimum Gasteiger partial charge on any atom is -0.398 e. The Hall–Kier alpha value is -0.760. The lowest BCUT2D eigenvalue weighted by Gasteiger charge is -1.99. The van der Waals surface area contributed by atoms with E-state index in [9.17, 15) is 0 Å². The number of rotatable bonds is 1. The van der Waals surface area contributed by atoms with Gasteiger partial charge in [-0.1, -0.05) is 28.1 Å². The Morgan fingerprint density at radius 2 is 2.18 bits per heavy atom. The van der Waals surface area contributed by atoms with Crippen LogP contribution in [0.2, 0.25) is 0 Å². The first kappa shape index (κ1) is 8.34. The first-order chi connectivity index (χ1) is 5.24. The molecule has 0 amide bonds. The van der Waals surface area contributed by atoms with Crippen LogP contribution in [-0.2, 0) is 0 Å². The standard InChI is InChI=1S/C9H10BrN/c1-2-3-7-6-8(10)4-5-9(7)11/h2-6H,11H2,1H3/b3-2+. The second kappa shape index (κ2) is 3.58. The first-order valence-corrected chi connectivity index (χ1v) is 4.21. The summed E-state index contributed by atoms with van der Waals surface area (Å²) < 4.78 is 1.06. The molecule has 0 unspecified atom stereocenters. The van der Waals surface area contributed by atoms with Crippen LogP contribution < -0.4 is 5.73 Å². The maximum atomic E-state index is 5.70. The minimum atomic E-state index is 0.811. The van der Waals surface area contributed by atoms with Crippen LogP contribution in [-0.4, -0.2) is 0 Å². The van der Waals surface area contributed by atoms with E-state index in [0.29, 0.717) is 0 Å². The molecule has 0 aliphatic rings. The van der Waals surface area contributed by atoms with Gasteiger partial charge in [0.15, 0.2) is 0 Å². The van der Waals surface area contributed by atoms with Crippen LogP contribution in [0.5, 0.6) is 0 Å². The van der Waals surface area contributed by atoms with Crippen molar-refractivity contribution in [2.45, 2.75) is 6.92 Å². The van der Waals surface area contributed by atoms with Crippen molar-refractivity contribution in [3.8, 4) is 0 Å². The number of allylic oxidation sites excluding steroid dienone is 1. The van der Waals surface area contributed by atoms with E-state index in [0.717, 1.165) is 15.7 Å². The van der Waals surface area contributed by atoms with Gasteiger partial charge in [-0.2, -0.15) is 0 Å². The van der Waals surface area contributed by atoms with Crippen molar-refractivity contribution in [1.29, 1.82) is 0 Å². The van der Waals surface area contributed by atoms with E-state index in [-0.39, 0.29) is 0 Å². The molecule has 0 atom stereocenters. The maximum absolute atomic E-state index is 5.70. The summed E-state index contributed by atoms with van der Waals surface area (Å²) in [4.78, 5) is 0. The second-order valence-corrected chi connectivity index (χ2v) is 3.19. The van der Waals surface area contributed by atoms with Gasteiger partial charge in [0.2, 0.25) is 0 Å². The monoisotopic (exact) mass is 211 g/mol. The molecule has 1 aromatic carbocycles. The van der Waals surface area contributed by atoms with Crippen LogP contribution in [0.4, 0.5) is 5.69 Å². The van der Waals surface area contributed by atoms with Gasteiger partial charge >= 0.3 is 0 Å². The largest absolute Gasteiger partial charge is 0.398 e. The highest BCUT2D eigenvalue weighted by atomic mass is 79.9. The van der Waals surface area contributed by atoms with Crippen molar-refractivity contribution in [2.75, 3.05) is 5.73 Å². The summed E-state index contributed by atoms with van der Waals surface area (Å²) in [6.45, 7) is 1.97. The number of hydrogen-bond donors (Lipinski definition) is 1. The molecule has 11 heavy (non-hydrogen) atoms. The molecule has 2 N–H and O–H groups in total. The third-order valence-electron chi connectivity index (χ3n) is 1.40. The molecule has 0 aliphatic carbocycles. The molecule has 1 nitrogen and oxygen atoms in total. The third-order valence-corrected chi connectivity index (χ3v) is 1.89. The molecule has 1 aromatic rings. The van der Waals surface area contributed by atoms with E-state index in [4.69, 9.17) is 5.73 Å². The summed E-state index contributed by atoms with van der Waals surface area (Å²) in [6.07, 6.45) is 3.96. The van der Waals surface area contributed by atoms with Crippen LogP contribution >= 0.6 is 15.9 Å². The lowest BCUT2D eigenvalue weighted by Crippen LogP contribution is -1.87. The van der Waals surface area contributed by atoms with Crippen LogP contribution in [0.15, 0.2) is 28.7 Å². The lowest BCUT2D eigenvalue weighted by molar-refractivity contribution is 1.59. The third kappa shape index (κ3) is 2.09. The fourth-order valence-electron chi connectivity index (χ4n) is 0.870. The van der Waals surface area contributed by atoms with E-state index < -0.39 is 0 Å². The molecule has 0 spiro atoms. The summed E-state index contributed by atoms with van der Waals surface area (Å²) >= 11 is 3.38. The predicted octanol–water partition coefficient (Wildman–Crippen LogP) is 3.06. The molecular formula is C9H10BrN. The first-order valence-electron chi connectivity index (χ1n) is 3.42. The molecule has 0 saturated carbocycles. The van der Waals surface area contributed by atoms with Gasteiger partial charge in [0.25, 0.3) is 0 Å². The van der Waals surface area contributed by atoms with Gasteiger partial charge in [-0.15, -0.1) is 0 Å². The van der Waals surface area contributed by atoms with E-state index >= 15 is 0 Å². The van der Waals surface area contributed by atoms with E-state index in [2.05, 4.69) is 15.9 Å². The summed E-state index contributed by atoms with van der Waals surface area (Å²) in [5.74, 6) is 0. The zero-order valence-electron chi connectivity index (χ0n) is 6.34. The molecule has 0 heterocycles. The lowest BCUT2D eigenvalue weighted by atomic mass is 10.2. The highest BCUT2D eigenvalue weighted by Gasteiger charge is 1.93. The topological polar surface area (TPSA) is 26.0 Å². The van der Waals surface area contributed by atoms with Crippen LogP contribution in [0, 0.1) is 0 Å². The Labute approximate surface area is 75.0 Å². The molecule has 0 fully saturated rings. The summed E-state index contributed by atoms with van der Waals surface area (Å²) in [7, 11) is 0. The molecular weight excluding hydrogens is 202 g/mol. The molecule has 2 heteroatoms. The fraction of sp³-hybridized carbons (Fsp3) is 0.111. The van der Waals surface area contributed by atoms with Gasteiger partial charge in [0, 0.05) is 10.2 Å². The Morgan fingerprint density at radius 1 is 1.45 bits per heavy atom. The molecule has 1 rings (SSSR count). The minimum absolute atomic E-state index is 0.811. The number of benzene rings is 1.